The fourth-order valence-corrected chi connectivity index (χ4v) is 3.17. The molecule has 0 aromatic carbocycles. The highest BCUT2D eigenvalue weighted by Gasteiger charge is 2.35. The molecule has 0 aromatic heterocycles. The molecule has 6 heteroatoms. The highest BCUT2D eigenvalue weighted by Crippen LogP contribution is 2.52. The maximum Gasteiger partial charge on any atom is 0.323 e. The van der Waals surface area contributed by atoms with Crippen molar-refractivity contribution in [2.75, 3.05) is 20.3 Å². The summed E-state index contributed by atoms with van der Waals surface area (Å²) in [7, 11) is 1.32. The van der Waals surface area contributed by atoms with Gasteiger partial charge < -0.3 is 4.74 Å². The molecule has 0 aromatic rings. The van der Waals surface area contributed by atoms with Crippen molar-refractivity contribution in [3.05, 3.63) is 12.7 Å². The van der Waals surface area contributed by atoms with Crippen molar-refractivity contribution in [3.63, 3.8) is 0 Å². The van der Waals surface area contributed by atoms with Gasteiger partial charge in [0.05, 0.1) is 7.11 Å². The summed E-state index contributed by atoms with van der Waals surface area (Å²) < 4.78 is 18.2. The van der Waals surface area contributed by atoms with Crippen LogP contribution in [0.4, 0.5) is 0 Å². The Kier molecular flexibility index (Phi) is 7.07. The Bertz CT molecular complexity index is 314. The number of carbonyl (C=O) groups is 1. The fourth-order valence-electron chi connectivity index (χ4n) is 1.58. The molecule has 0 aliphatic heterocycles. The monoisotopic (exact) mass is 281 g/mol. The number of hydrogen-bond donors (Lipinski definition) is 0. The Morgan fingerprint density at radius 2 is 2.12 bits per heavy atom. The van der Waals surface area contributed by atoms with Crippen LogP contribution in [0.3, 0.4) is 0 Å². The third-order valence-electron chi connectivity index (χ3n) is 2.30. The van der Waals surface area contributed by atoms with Crippen molar-refractivity contribution in [2.24, 2.45) is 5.92 Å². The van der Waals surface area contributed by atoms with Crippen LogP contribution in [0, 0.1) is 5.92 Å². The van der Waals surface area contributed by atoms with E-state index in [4.69, 9.17) is 16.0 Å². The summed E-state index contributed by atoms with van der Waals surface area (Å²) in [5.41, 5.74) is 0. The van der Waals surface area contributed by atoms with Gasteiger partial charge in [-0.2, -0.15) is 0 Å². The summed E-state index contributed by atoms with van der Waals surface area (Å²) in [4.78, 5) is 11.7. The number of esters is 1. The van der Waals surface area contributed by atoms with E-state index >= 15 is 0 Å². The van der Waals surface area contributed by atoms with Crippen LogP contribution in [0.15, 0.2) is 12.7 Å². The van der Waals surface area contributed by atoms with E-state index in [0.717, 1.165) is 0 Å². The number of carbonyl (C=O) groups excluding carboxylic acids is 1. The van der Waals surface area contributed by atoms with Crippen LogP contribution >= 0.6 is 17.9 Å². The van der Waals surface area contributed by atoms with Gasteiger partial charge >= 0.3 is 5.97 Å². The molecule has 0 aliphatic rings. The number of rotatable bonds is 7. The largest absolute Gasteiger partial charge is 0.468 e. The summed E-state index contributed by atoms with van der Waals surface area (Å²) in [6, 6.07) is -0.591. The summed E-state index contributed by atoms with van der Waals surface area (Å²) in [5, 5.41) is 0. The minimum atomic E-state index is -3.04. The van der Waals surface area contributed by atoms with Gasteiger partial charge in [-0.3, -0.25) is 9.36 Å². The molecule has 0 amide bonds. The van der Waals surface area contributed by atoms with Gasteiger partial charge in [-0.1, -0.05) is 19.9 Å². The van der Waals surface area contributed by atoms with Gasteiger partial charge in [0.15, 0.2) is 0 Å². The second-order valence-electron chi connectivity index (χ2n) is 4.36. The fraction of sp³-hybridized carbons (Fsp3) is 0.727. The molecule has 100 valence electrons. The minimum absolute atomic E-state index is 0.273. The van der Waals surface area contributed by atoms with Gasteiger partial charge in [0.1, 0.15) is 6.04 Å². The first-order valence-corrected chi connectivity index (χ1v) is 8.48. The molecule has 17 heavy (non-hydrogen) atoms. The summed E-state index contributed by atoms with van der Waals surface area (Å²) in [6.45, 7) is 6.24. The number of ether oxygens (including phenoxy) is 1. The predicted octanol–water partition coefficient (Wildman–Crippen LogP) is 3.12. The topological polar surface area (TPSA) is 46.6 Å². The number of methoxy groups -OCH3 is 1. The molecule has 0 saturated heterocycles. The highest BCUT2D eigenvalue weighted by atomic mass is 35.7. The van der Waals surface area contributed by atoms with E-state index < -0.39 is 18.7 Å². The van der Waals surface area contributed by atoms with Crippen molar-refractivity contribution in [1.82, 2.24) is 4.67 Å². The zero-order valence-electron chi connectivity index (χ0n) is 10.9. The average Bonchev–Trinajstić information content (AvgIpc) is 2.20. The lowest BCUT2D eigenvalue weighted by atomic mass is 10.0. The van der Waals surface area contributed by atoms with Crippen LogP contribution in [-0.2, 0) is 14.1 Å². The Balaban J connectivity index is 5.13. The van der Waals surface area contributed by atoms with Gasteiger partial charge in [0.25, 0.3) is 0 Å². The molecule has 0 heterocycles. The molecule has 0 bridgehead atoms. The van der Waals surface area contributed by atoms with E-state index in [2.05, 4.69) is 6.58 Å². The predicted molar refractivity (Wildman–Crippen MR) is 71.5 cm³/mol. The third-order valence-corrected chi connectivity index (χ3v) is 4.25. The van der Waals surface area contributed by atoms with Crippen LogP contribution in [0.5, 0.6) is 0 Å². The van der Waals surface area contributed by atoms with E-state index in [-0.39, 0.29) is 5.92 Å². The highest BCUT2D eigenvalue weighted by molar-refractivity contribution is 7.86. The zero-order valence-corrected chi connectivity index (χ0v) is 12.5. The SMILES string of the molecule is C=CCN([C@@H](CC(C)C)C(=O)OC)[P@](C)(=O)Cl. The average molecular weight is 282 g/mol. The Labute approximate surface area is 108 Å². The van der Waals surface area contributed by atoms with Crippen LogP contribution in [0.1, 0.15) is 20.3 Å². The maximum absolute atomic E-state index is 12.0. The lowest BCUT2D eigenvalue weighted by molar-refractivity contribution is -0.145. The van der Waals surface area contributed by atoms with Gasteiger partial charge in [0, 0.05) is 13.2 Å². The van der Waals surface area contributed by atoms with Gasteiger partial charge in [-0.25, -0.2) is 4.67 Å². The van der Waals surface area contributed by atoms with Crippen LogP contribution < -0.4 is 0 Å². The van der Waals surface area contributed by atoms with E-state index in [1.807, 2.05) is 13.8 Å². The second kappa shape index (κ2) is 7.20. The Morgan fingerprint density at radius 3 is 2.41 bits per heavy atom. The van der Waals surface area contributed by atoms with E-state index in [1.165, 1.54) is 18.4 Å². The first-order valence-electron chi connectivity index (χ1n) is 5.47. The molecule has 2 atom stereocenters. The molecule has 0 N–H and O–H groups in total. The van der Waals surface area contributed by atoms with E-state index in [0.29, 0.717) is 13.0 Å². The first kappa shape index (κ1) is 16.7. The quantitative estimate of drug-likeness (QED) is 0.409. The number of hydrogen-bond acceptors (Lipinski definition) is 3. The Morgan fingerprint density at radius 1 is 1.59 bits per heavy atom. The normalized spacial score (nSPS) is 16.6. The molecule has 0 rings (SSSR count). The molecular formula is C11H21ClNO3P. The lowest BCUT2D eigenvalue weighted by Crippen LogP contribution is -2.39. The van der Waals surface area contributed by atoms with E-state index in [9.17, 15) is 9.36 Å². The maximum atomic E-state index is 12.0. The lowest BCUT2D eigenvalue weighted by Gasteiger charge is -2.31. The minimum Gasteiger partial charge on any atom is -0.468 e. The molecule has 0 aliphatic carbocycles. The van der Waals surface area contributed by atoms with Crippen molar-refractivity contribution in [2.45, 2.75) is 26.3 Å². The summed E-state index contributed by atoms with van der Waals surface area (Å²) in [6.07, 6.45) is 2.12. The smallest absolute Gasteiger partial charge is 0.323 e. The van der Waals surface area contributed by atoms with Gasteiger partial charge in [-0.05, 0) is 23.6 Å². The van der Waals surface area contributed by atoms with Crippen LogP contribution in [-0.4, -0.2) is 37.0 Å². The third kappa shape index (κ3) is 5.71. The molecule has 4 nitrogen and oxygen atoms in total. The van der Waals surface area contributed by atoms with Crippen LogP contribution in [0.2, 0.25) is 0 Å². The summed E-state index contributed by atoms with van der Waals surface area (Å²) >= 11 is 5.88. The standard InChI is InChI=1S/C11H21ClNO3P/c1-6-7-13(17(5,12)15)10(8-9(2)3)11(14)16-4/h6,9-10H,1,7-8H2,2-5H3/t10-,17+/m0/s1. The zero-order chi connectivity index (χ0) is 13.6. The molecule has 0 radical (unpaired) electrons. The van der Waals surface area contributed by atoms with Gasteiger partial charge in [-0.15, -0.1) is 6.58 Å². The molecule has 0 saturated carbocycles. The van der Waals surface area contributed by atoms with Crippen molar-refractivity contribution in [3.8, 4) is 0 Å². The second-order valence-corrected chi connectivity index (χ2v) is 8.31. The van der Waals surface area contributed by atoms with E-state index in [1.54, 1.807) is 6.08 Å². The Hall–Kier alpha value is -0.310. The van der Waals surface area contributed by atoms with Crippen LogP contribution in [0.25, 0.3) is 0 Å². The first-order chi connectivity index (χ1) is 7.73. The number of nitrogens with zero attached hydrogens (tertiary/aromatic N) is 1. The molecule has 0 fully saturated rings. The molecule has 0 spiro atoms. The van der Waals surface area contributed by atoms with Crippen molar-refractivity contribution >= 4 is 23.9 Å². The van der Waals surface area contributed by atoms with Crippen molar-refractivity contribution in [1.29, 1.82) is 0 Å². The molecular weight excluding hydrogens is 261 g/mol. The van der Waals surface area contributed by atoms with Crippen molar-refractivity contribution < 1.29 is 14.1 Å². The van der Waals surface area contributed by atoms with Gasteiger partial charge in [0.2, 0.25) is 6.65 Å². The number of halogens is 1. The molecule has 0 unspecified atom stereocenters. The summed E-state index contributed by atoms with van der Waals surface area (Å²) in [5.74, 6) is -0.141.